The van der Waals surface area contributed by atoms with Crippen molar-refractivity contribution in [3.63, 3.8) is 0 Å². The molecule has 30 heavy (non-hydrogen) atoms. The second kappa shape index (κ2) is 8.27. The summed E-state index contributed by atoms with van der Waals surface area (Å²) in [5.74, 6) is 1.97. The van der Waals surface area contributed by atoms with Gasteiger partial charge in [-0.2, -0.15) is 0 Å². The van der Waals surface area contributed by atoms with Gasteiger partial charge in [0.15, 0.2) is 0 Å². The van der Waals surface area contributed by atoms with Crippen molar-refractivity contribution in [2.75, 3.05) is 62.3 Å². The average Bonchev–Trinajstić information content (AvgIpc) is 3.23. The summed E-state index contributed by atoms with van der Waals surface area (Å²) < 4.78 is 7.34. The molecule has 2 fully saturated rings. The number of hydrogen-bond acceptors (Lipinski definition) is 7. The van der Waals surface area contributed by atoms with Gasteiger partial charge in [-0.05, 0) is 12.1 Å². The predicted molar refractivity (Wildman–Crippen MR) is 114 cm³/mol. The summed E-state index contributed by atoms with van der Waals surface area (Å²) in [5.41, 5.74) is 1.90. The van der Waals surface area contributed by atoms with Gasteiger partial charge in [0.2, 0.25) is 5.91 Å². The van der Waals surface area contributed by atoms with E-state index >= 15 is 0 Å². The number of carbonyl (C=O) groups is 1. The van der Waals surface area contributed by atoms with E-state index in [1.807, 2.05) is 39.8 Å². The lowest BCUT2D eigenvalue weighted by molar-refractivity contribution is -0.132. The summed E-state index contributed by atoms with van der Waals surface area (Å²) in [7, 11) is 0. The summed E-state index contributed by atoms with van der Waals surface area (Å²) in [6.07, 6.45) is 3.37. The van der Waals surface area contributed by atoms with Crippen molar-refractivity contribution >= 4 is 28.6 Å². The highest BCUT2D eigenvalue weighted by atomic mass is 16.5. The Morgan fingerprint density at radius 3 is 2.37 bits per heavy atom. The van der Waals surface area contributed by atoms with Crippen LogP contribution in [0.25, 0.3) is 11.0 Å². The summed E-state index contributed by atoms with van der Waals surface area (Å²) in [5, 5.41) is 0. The predicted octanol–water partition coefficient (Wildman–Crippen LogP) is 1.01. The summed E-state index contributed by atoms with van der Waals surface area (Å²) in [4.78, 5) is 32.5. The zero-order chi connectivity index (χ0) is 20.3. The molecule has 0 saturated carbocycles. The third-order valence-electron chi connectivity index (χ3n) is 5.76. The molecule has 0 aliphatic carbocycles. The molecule has 1 aromatic carbocycles. The third-order valence-corrected chi connectivity index (χ3v) is 5.76. The van der Waals surface area contributed by atoms with Gasteiger partial charge in [-0.3, -0.25) is 4.79 Å². The summed E-state index contributed by atoms with van der Waals surface area (Å²) in [6.45, 7) is 6.36. The minimum absolute atomic E-state index is 0.120. The fraction of sp³-hybridized carbons (Fsp3) is 0.429. The lowest BCUT2D eigenvalue weighted by Gasteiger charge is -2.36. The van der Waals surface area contributed by atoms with Gasteiger partial charge in [0.25, 0.3) is 0 Å². The molecule has 0 spiro atoms. The molecule has 4 heterocycles. The number of fused-ring (bicyclic) bond motifs is 1. The number of aromatic nitrogens is 4. The Labute approximate surface area is 174 Å². The third kappa shape index (κ3) is 3.80. The smallest absolute Gasteiger partial charge is 0.242 e. The van der Waals surface area contributed by atoms with E-state index in [0.717, 1.165) is 62.1 Å². The number of rotatable bonds is 4. The zero-order valence-corrected chi connectivity index (χ0v) is 16.9. The first-order valence-electron chi connectivity index (χ1n) is 10.4. The van der Waals surface area contributed by atoms with E-state index in [4.69, 9.17) is 4.74 Å². The number of hydrogen-bond donors (Lipinski definition) is 0. The van der Waals surface area contributed by atoms with Crippen LogP contribution in [0.5, 0.6) is 0 Å². The molecule has 2 aromatic heterocycles. The van der Waals surface area contributed by atoms with E-state index in [-0.39, 0.29) is 5.91 Å². The largest absolute Gasteiger partial charge is 0.378 e. The molecular formula is C21H25N7O2. The van der Waals surface area contributed by atoms with Gasteiger partial charge < -0.3 is 24.0 Å². The Morgan fingerprint density at radius 2 is 1.60 bits per heavy atom. The average molecular weight is 407 g/mol. The van der Waals surface area contributed by atoms with Gasteiger partial charge in [0.1, 0.15) is 24.5 Å². The number of morpholine rings is 1. The van der Waals surface area contributed by atoms with E-state index < -0.39 is 0 Å². The number of para-hydroxylation sites is 2. The van der Waals surface area contributed by atoms with Crippen molar-refractivity contribution in [2.45, 2.75) is 6.54 Å². The molecule has 0 radical (unpaired) electrons. The Hall–Kier alpha value is -3.20. The Kier molecular flexibility index (Phi) is 5.18. The van der Waals surface area contributed by atoms with Gasteiger partial charge in [-0.1, -0.05) is 12.1 Å². The van der Waals surface area contributed by atoms with Crippen molar-refractivity contribution < 1.29 is 9.53 Å². The van der Waals surface area contributed by atoms with Crippen LogP contribution in [0.4, 0.5) is 11.6 Å². The van der Waals surface area contributed by atoms with Crippen molar-refractivity contribution in [1.29, 1.82) is 0 Å². The maximum Gasteiger partial charge on any atom is 0.242 e. The molecule has 1 amide bonds. The highest BCUT2D eigenvalue weighted by Crippen LogP contribution is 2.20. The molecular weight excluding hydrogens is 382 g/mol. The molecule has 2 aliphatic rings. The van der Waals surface area contributed by atoms with E-state index in [9.17, 15) is 4.79 Å². The van der Waals surface area contributed by atoms with Crippen molar-refractivity contribution in [2.24, 2.45) is 0 Å². The second-order valence-electron chi connectivity index (χ2n) is 7.56. The summed E-state index contributed by atoms with van der Waals surface area (Å²) in [6, 6.07) is 9.92. The minimum Gasteiger partial charge on any atom is -0.378 e. The molecule has 5 rings (SSSR count). The zero-order valence-electron chi connectivity index (χ0n) is 16.9. The number of carbonyl (C=O) groups excluding carboxylic acids is 1. The monoisotopic (exact) mass is 407 g/mol. The second-order valence-corrected chi connectivity index (χ2v) is 7.56. The van der Waals surface area contributed by atoms with Crippen LogP contribution in [-0.4, -0.2) is 82.8 Å². The first kappa shape index (κ1) is 18.8. The van der Waals surface area contributed by atoms with Crippen LogP contribution in [0.3, 0.4) is 0 Å². The van der Waals surface area contributed by atoms with Crippen molar-refractivity contribution in [3.05, 3.63) is 43.0 Å². The number of anilines is 2. The van der Waals surface area contributed by atoms with Crippen molar-refractivity contribution in [1.82, 2.24) is 24.4 Å². The molecule has 2 aliphatic heterocycles. The lowest BCUT2D eigenvalue weighted by atomic mass is 10.3. The Morgan fingerprint density at radius 1 is 0.900 bits per heavy atom. The van der Waals surface area contributed by atoms with Crippen LogP contribution in [0, 0.1) is 0 Å². The van der Waals surface area contributed by atoms with Gasteiger partial charge >= 0.3 is 0 Å². The van der Waals surface area contributed by atoms with Crippen LogP contribution in [0.1, 0.15) is 0 Å². The Bertz CT molecular complexity index is 1020. The van der Waals surface area contributed by atoms with Crippen molar-refractivity contribution in [3.8, 4) is 0 Å². The Balaban J connectivity index is 1.20. The quantitative estimate of drug-likeness (QED) is 0.639. The molecule has 2 saturated heterocycles. The molecule has 0 bridgehead atoms. The first-order valence-corrected chi connectivity index (χ1v) is 10.4. The van der Waals surface area contributed by atoms with Gasteiger partial charge in [0, 0.05) is 45.3 Å². The summed E-state index contributed by atoms with van der Waals surface area (Å²) >= 11 is 0. The normalized spacial score (nSPS) is 17.5. The van der Waals surface area contributed by atoms with Gasteiger partial charge in [0.05, 0.1) is 30.6 Å². The maximum atomic E-state index is 12.8. The van der Waals surface area contributed by atoms with Crippen LogP contribution >= 0.6 is 0 Å². The lowest BCUT2D eigenvalue weighted by Crippen LogP contribution is -2.49. The molecule has 9 nitrogen and oxygen atoms in total. The number of ether oxygens (including phenoxy) is 1. The molecule has 156 valence electrons. The van der Waals surface area contributed by atoms with Gasteiger partial charge in [-0.15, -0.1) is 0 Å². The minimum atomic E-state index is 0.120. The molecule has 0 N–H and O–H groups in total. The van der Waals surface area contributed by atoms with Crippen LogP contribution in [0.2, 0.25) is 0 Å². The topological polar surface area (TPSA) is 79.6 Å². The van der Waals surface area contributed by atoms with E-state index in [1.54, 1.807) is 12.7 Å². The van der Waals surface area contributed by atoms with E-state index in [1.165, 1.54) is 0 Å². The van der Waals surface area contributed by atoms with Crippen LogP contribution in [0.15, 0.2) is 43.0 Å². The molecule has 0 unspecified atom stereocenters. The SMILES string of the molecule is O=C(Cn1cnc2ccccc21)N1CCN(c2cc(N3CCOCC3)ncn2)CC1. The van der Waals surface area contributed by atoms with E-state index in [2.05, 4.69) is 24.8 Å². The fourth-order valence-corrected chi connectivity index (χ4v) is 4.04. The number of nitrogens with zero attached hydrogens (tertiary/aromatic N) is 7. The van der Waals surface area contributed by atoms with E-state index in [0.29, 0.717) is 19.6 Å². The molecule has 0 atom stereocenters. The maximum absolute atomic E-state index is 12.8. The standard InChI is InChI=1S/C21H25N7O2/c29-21(14-28-16-24-17-3-1-2-4-18(17)28)27-7-5-25(6-8-27)19-13-20(23-15-22-19)26-9-11-30-12-10-26/h1-4,13,15-16H,5-12,14H2. The number of piperazine rings is 1. The number of amides is 1. The molecule has 3 aromatic rings. The molecule has 9 heteroatoms. The number of benzene rings is 1. The van der Waals surface area contributed by atoms with Crippen LogP contribution in [-0.2, 0) is 16.1 Å². The highest BCUT2D eigenvalue weighted by Gasteiger charge is 2.23. The highest BCUT2D eigenvalue weighted by molar-refractivity contribution is 5.80. The van der Waals surface area contributed by atoms with Gasteiger partial charge in [-0.25, -0.2) is 15.0 Å². The first-order chi connectivity index (χ1) is 14.8. The van der Waals surface area contributed by atoms with Crippen LogP contribution < -0.4 is 9.80 Å². The number of imidazole rings is 1. The fourth-order valence-electron chi connectivity index (χ4n) is 4.04.